The van der Waals surface area contributed by atoms with Crippen molar-refractivity contribution in [2.24, 2.45) is 22.7 Å². The van der Waals surface area contributed by atoms with Crippen molar-refractivity contribution < 1.29 is 32.4 Å². The first-order chi connectivity index (χ1) is 24.4. The lowest BCUT2D eigenvalue weighted by Crippen LogP contribution is -2.60. The Balaban J connectivity index is 1.55. The Kier molecular flexibility index (Phi) is 13.7. The third kappa shape index (κ3) is 9.81. The fourth-order valence-electron chi connectivity index (χ4n) is 7.60. The molecule has 2 saturated heterocycles. The second-order valence-electron chi connectivity index (χ2n) is 16.2. The highest BCUT2D eigenvalue weighted by atomic mass is 32.2. The number of urea groups is 1. The molecule has 3 fully saturated rings. The molecule has 0 radical (unpaired) electrons. The number of hydrogen-bond donors (Lipinski definition) is 4. The Hall–Kier alpha value is -3.30. The summed E-state index contributed by atoms with van der Waals surface area (Å²) < 4.78 is 27.8. The molecule has 3 heterocycles. The Morgan fingerprint density at radius 1 is 1.10 bits per heavy atom. The molecule has 13 nitrogen and oxygen atoms in total. The van der Waals surface area contributed by atoms with E-state index in [1.807, 2.05) is 20.8 Å². The summed E-state index contributed by atoms with van der Waals surface area (Å²) in [5.74, 6) is -2.43. The molecule has 6 atom stereocenters. The summed E-state index contributed by atoms with van der Waals surface area (Å²) in [6.07, 6.45) is 8.06. The summed E-state index contributed by atoms with van der Waals surface area (Å²) in [6, 6.07) is -0.815. The van der Waals surface area contributed by atoms with Crippen LogP contribution in [0.25, 0.3) is 0 Å². The molecule has 1 aromatic heterocycles. The minimum Gasteiger partial charge on any atom is -0.346 e. The van der Waals surface area contributed by atoms with Crippen LogP contribution < -0.4 is 21.3 Å². The number of piperidine rings is 1. The van der Waals surface area contributed by atoms with Crippen LogP contribution >= 0.6 is 11.3 Å². The number of amides is 5. The minimum absolute atomic E-state index is 0.00801. The zero-order chi connectivity index (χ0) is 38.4. The van der Waals surface area contributed by atoms with Gasteiger partial charge in [-0.25, -0.2) is 13.2 Å². The first-order valence-electron chi connectivity index (χ1n) is 18.5. The van der Waals surface area contributed by atoms with Crippen molar-refractivity contribution in [2.75, 3.05) is 26.7 Å². The van der Waals surface area contributed by atoms with E-state index in [9.17, 15) is 32.4 Å². The highest BCUT2D eigenvalue weighted by Crippen LogP contribution is 2.65. The monoisotopic (exact) mass is 762 g/mol. The van der Waals surface area contributed by atoms with Crippen LogP contribution in [0.2, 0.25) is 0 Å². The first kappa shape index (κ1) is 41.5. The number of sulfonamides is 1. The Labute approximate surface area is 313 Å². The summed E-state index contributed by atoms with van der Waals surface area (Å²) in [6.45, 7) is 13.9. The Morgan fingerprint density at radius 2 is 1.73 bits per heavy atom. The molecular weight excluding hydrogens is 705 g/mol. The number of nitrogens with zero attached hydrogens (tertiary/aromatic N) is 2. The molecule has 1 aliphatic carbocycles. The summed E-state index contributed by atoms with van der Waals surface area (Å²) in [7, 11) is -2.28. The normalized spacial score (nSPS) is 26.4. The second-order valence-corrected chi connectivity index (χ2v) is 19.4. The molecule has 0 unspecified atom stereocenters. The van der Waals surface area contributed by atoms with E-state index < -0.39 is 63.2 Å². The van der Waals surface area contributed by atoms with Gasteiger partial charge in [0.05, 0.1) is 6.04 Å². The van der Waals surface area contributed by atoms with Gasteiger partial charge in [0.25, 0.3) is 15.9 Å². The molecule has 3 aliphatic rings. The molecule has 52 heavy (non-hydrogen) atoms. The van der Waals surface area contributed by atoms with E-state index in [1.54, 1.807) is 22.4 Å². The highest BCUT2D eigenvalue weighted by Gasteiger charge is 2.69. The highest BCUT2D eigenvalue weighted by molar-refractivity contribution is 7.91. The third-order valence-electron chi connectivity index (χ3n) is 11.1. The number of fused-ring (bicyclic) bond motifs is 3. The number of nitrogens with one attached hydrogen (secondary N) is 4. The molecule has 0 aromatic carbocycles. The maximum Gasteiger partial charge on any atom is 0.315 e. The van der Waals surface area contributed by atoms with Crippen LogP contribution in [0, 0.1) is 22.7 Å². The van der Waals surface area contributed by atoms with Crippen molar-refractivity contribution >= 4 is 50.9 Å². The molecule has 290 valence electrons. The molecular formula is C37H58N6O7S2. The van der Waals surface area contributed by atoms with Crippen molar-refractivity contribution in [1.29, 1.82) is 0 Å². The number of carbonyl (C=O) groups excluding carboxylic acids is 5. The van der Waals surface area contributed by atoms with Gasteiger partial charge in [-0.05, 0) is 47.0 Å². The molecule has 4 N–H and O–H groups in total. The minimum atomic E-state index is -3.77. The number of hydrogen-bond acceptors (Lipinski definition) is 8. The van der Waals surface area contributed by atoms with Crippen molar-refractivity contribution in [3.63, 3.8) is 0 Å². The van der Waals surface area contributed by atoms with Crippen LogP contribution in [0.5, 0.6) is 0 Å². The molecule has 15 heteroatoms. The van der Waals surface area contributed by atoms with Crippen LogP contribution in [0.4, 0.5) is 4.79 Å². The maximum absolute atomic E-state index is 14.4. The molecule has 0 spiro atoms. The van der Waals surface area contributed by atoms with Gasteiger partial charge in [-0.1, -0.05) is 91.7 Å². The Bertz CT molecular complexity index is 1570. The number of likely N-dealkylation sites (N-methyl/N-ethyl adjacent to an activating group) is 1. The van der Waals surface area contributed by atoms with Crippen molar-refractivity contribution in [3.8, 4) is 0 Å². The quantitative estimate of drug-likeness (QED) is 0.207. The van der Waals surface area contributed by atoms with Gasteiger partial charge >= 0.3 is 6.03 Å². The predicted octanol–water partition coefficient (Wildman–Crippen LogP) is 3.81. The molecule has 2 aliphatic heterocycles. The number of carbonyl (C=O) groups is 5. The van der Waals surface area contributed by atoms with Crippen LogP contribution in [0.3, 0.4) is 0 Å². The smallest absolute Gasteiger partial charge is 0.315 e. The third-order valence-corrected chi connectivity index (χ3v) is 14.3. The van der Waals surface area contributed by atoms with Gasteiger partial charge in [0.1, 0.15) is 16.3 Å². The summed E-state index contributed by atoms with van der Waals surface area (Å²) in [4.78, 5) is 69.7. The predicted molar refractivity (Wildman–Crippen MR) is 201 cm³/mol. The molecule has 5 amide bonds. The van der Waals surface area contributed by atoms with Crippen molar-refractivity contribution in [2.45, 2.75) is 121 Å². The average molecular weight is 763 g/mol. The fourth-order valence-corrected chi connectivity index (χ4v) is 9.99. The summed E-state index contributed by atoms with van der Waals surface area (Å²) in [5.41, 5.74) is -0.737. The molecule has 0 bridgehead atoms. The molecule has 4 rings (SSSR count). The van der Waals surface area contributed by atoms with Gasteiger partial charge in [0, 0.05) is 32.7 Å². The topological polar surface area (TPSA) is 174 Å². The van der Waals surface area contributed by atoms with Crippen molar-refractivity contribution in [1.82, 2.24) is 30.5 Å². The molecule has 1 saturated carbocycles. The zero-order valence-electron chi connectivity index (χ0n) is 31.5. The van der Waals surface area contributed by atoms with Crippen LogP contribution in [-0.4, -0.2) is 98.0 Å². The Morgan fingerprint density at radius 3 is 2.33 bits per heavy atom. The maximum atomic E-state index is 14.4. The van der Waals surface area contributed by atoms with E-state index in [-0.39, 0.29) is 40.5 Å². The molecule has 1 aromatic rings. The second kappa shape index (κ2) is 17.2. The average Bonchev–Trinajstić information content (AvgIpc) is 3.53. The number of Topliss-reactive ketones (excluding diaryl/α,β-unsaturated/α-hetero) is 1. The van der Waals surface area contributed by atoms with Gasteiger partial charge < -0.3 is 26.2 Å². The lowest BCUT2D eigenvalue weighted by Gasteiger charge is -2.36. The number of ketones is 1. The van der Waals surface area contributed by atoms with E-state index >= 15 is 0 Å². The van der Waals surface area contributed by atoms with Gasteiger partial charge in [-0.2, -0.15) is 4.31 Å². The number of thiophene rings is 1. The summed E-state index contributed by atoms with van der Waals surface area (Å²) >= 11 is 1.12. The van der Waals surface area contributed by atoms with Crippen LogP contribution in [0.15, 0.2) is 34.4 Å². The van der Waals surface area contributed by atoms with Crippen LogP contribution in [-0.2, 0) is 29.2 Å². The van der Waals surface area contributed by atoms with E-state index in [4.69, 9.17) is 0 Å². The lowest BCUT2D eigenvalue weighted by atomic mass is 9.86. The zero-order valence-corrected chi connectivity index (χ0v) is 33.2. The van der Waals surface area contributed by atoms with Gasteiger partial charge in [-0.3, -0.25) is 19.2 Å². The van der Waals surface area contributed by atoms with Gasteiger partial charge in [0.2, 0.25) is 17.6 Å². The first-order valence-corrected chi connectivity index (χ1v) is 20.8. The van der Waals surface area contributed by atoms with E-state index in [0.717, 1.165) is 43.4 Å². The van der Waals surface area contributed by atoms with Crippen molar-refractivity contribution in [3.05, 3.63) is 30.2 Å². The standard InChI is InChI=1S/C37H58N6O7S2/c1-8-20-38-33(46)31(44)25-17-14-12-10-9-11-13-15-18-26(34(47)43-22-24-29(37(24,5)6)30(43)32(45)39-25)40-35(48)41-27(36(2,3)4)23-42(7)52(49,50)28-19-16-21-51-28/h8,16,19,21,24-27,29-30H,1,9-15,17-18,20,22-23H2,2-7H3,(H,38,46)(H,39,45)(H2,40,41,48)/t24-,25+,26+,27-,29-,30+/m1/s1. The van der Waals surface area contributed by atoms with E-state index in [0.29, 0.717) is 32.2 Å². The van der Waals surface area contributed by atoms with Gasteiger partial charge in [-0.15, -0.1) is 17.9 Å². The SMILES string of the molecule is C=CCNC(=O)C(=O)[C@@H]1CCCCCCCCC[C@H](NC(=O)N[C@H](CN(C)S(=O)(=O)c2cccs2)C(C)(C)C)C(=O)N2C[C@@H]3[C@H]([C@H]2C(=O)N1)C3(C)C. The largest absolute Gasteiger partial charge is 0.346 e. The summed E-state index contributed by atoms with van der Waals surface area (Å²) in [5, 5.41) is 12.9. The fraction of sp³-hybridized carbons (Fsp3) is 0.703. The van der Waals surface area contributed by atoms with Crippen LogP contribution in [0.1, 0.15) is 92.4 Å². The number of rotatable bonds is 10. The van der Waals surface area contributed by atoms with Gasteiger partial charge in [0.15, 0.2) is 0 Å². The van der Waals surface area contributed by atoms with E-state index in [1.165, 1.54) is 17.4 Å². The van der Waals surface area contributed by atoms with E-state index in [2.05, 4.69) is 41.7 Å². The lowest BCUT2D eigenvalue weighted by molar-refractivity contribution is -0.144.